The van der Waals surface area contributed by atoms with E-state index in [0.29, 0.717) is 12.5 Å². The normalized spacial score (nSPS) is 18.9. The SMILES string of the molecule is CCOCC(=O)N1CCC[C@@H](c2nccn2CCN(C)C)C1. The molecule has 0 bridgehead atoms. The molecule has 1 aliphatic heterocycles. The number of hydrogen-bond donors (Lipinski definition) is 0. The van der Waals surface area contributed by atoms with Crippen LogP contribution in [0.5, 0.6) is 0 Å². The van der Waals surface area contributed by atoms with E-state index in [1.54, 1.807) is 0 Å². The van der Waals surface area contributed by atoms with Gasteiger partial charge in [-0.15, -0.1) is 0 Å². The summed E-state index contributed by atoms with van der Waals surface area (Å²) in [7, 11) is 4.15. The molecule has 1 aliphatic rings. The number of carbonyl (C=O) groups excluding carboxylic acids is 1. The van der Waals surface area contributed by atoms with Crippen molar-refractivity contribution < 1.29 is 9.53 Å². The second-order valence-corrected chi connectivity index (χ2v) is 6.10. The molecule has 0 aliphatic carbocycles. The molecule has 124 valence electrons. The zero-order valence-corrected chi connectivity index (χ0v) is 14.0. The average molecular weight is 308 g/mol. The maximum Gasteiger partial charge on any atom is 0.248 e. The summed E-state index contributed by atoms with van der Waals surface area (Å²) in [4.78, 5) is 20.8. The van der Waals surface area contributed by atoms with Crippen molar-refractivity contribution in [2.24, 2.45) is 0 Å². The molecular formula is C16H28N4O2. The molecule has 2 rings (SSSR count). The van der Waals surface area contributed by atoms with E-state index in [2.05, 4.69) is 28.5 Å². The van der Waals surface area contributed by atoms with E-state index < -0.39 is 0 Å². The first-order valence-corrected chi connectivity index (χ1v) is 8.13. The summed E-state index contributed by atoms with van der Waals surface area (Å²) >= 11 is 0. The Balaban J connectivity index is 1.97. The van der Waals surface area contributed by atoms with Crippen LogP contribution in [0.15, 0.2) is 12.4 Å². The number of likely N-dealkylation sites (tertiary alicyclic amines) is 1. The molecule has 1 amide bonds. The molecule has 0 spiro atoms. The molecule has 6 heteroatoms. The number of rotatable bonds is 7. The van der Waals surface area contributed by atoms with Crippen LogP contribution < -0.4 is 0 Å². The maximum atomic E-state index is 12.1. The molecule has 1 aromatic heterocycles. The first kappa shape index (κ1) is 17.0. The lowest BCUT2D eigenvalue weighted by Gasteiger charge is -2.32. The van der Waals surface area contributed by atoms with Crippen LogP contribution in [0.2, 0.25) is 0 Å². The monoisotopic (exact) mass is 308 g/mol. The summed E-state index contributed by atoms with van der Waals surface area (Å²) in [5, 5.41) is 0. The van der Waals surface area contributed by atoms with Crippen molar-refractivity contribution in [3.05, 3.63) is 18.2 Å². The molecular weight excluding hydrogens is 280 g/mol. The second kappa shape index (κ2) is 8.29. The van der Waals surface area contributed by atoms with Crippen molar-refractivity contribution in [3.8, 4) is 0 Å². The molecule has 1 aromatic rings. The Morgan fingerprint density at radius 2 is 2.32 bits per heavy atom. The molecule has 0 aromatic carbocycles. The number of hydrogen-bond acceptors (Lipinski definition) is 4. The highest BCUT2D eigenvalue weighted by molar-refractivity contribution is 5.77. The van der Waals surface area contributed by atoms with E-state index in [-0.39, 0.29) is 12.5 Å². The van der Waals surface area contributed by atoms with E-state index in [9.17, 15) is 4.79 Å². The van der Waals surface area contributed by atoms with Gasteiger partial charge in [-0.3, -0.25) is 4.79 Å². The third kappa shape index (κ3) is 4.55. The van der Waals surface area contributed by atoms with E-state index in [1.165, 1.54) is 0 Å². The van der Waals surface area contributed by atoms with Crippen LogP contribution in [0, 0.1) is 0 Å². The predicted octanol–water partition coefficient (Wildman–Crippen LogP) is 1.19. The van der Waals surface area contributed by atoms with Crippen molar-refractivity contribution >= 4 is 5.91 Å². The molecule has 2 heterocycles. The molecule has 0 radical (unpaired) electrons. The lowest BCUT2D eigenvalue weighted by molar-refractivity contribution is -0.137. The first-order valence-electron chi connectivity index (χ1n) is 8.13. The Kier molecular flexibility index (Phi) is 6.39. The third-order valence-corrected chi connectivity index (χ3v) is 4.10. The largest absolute Gasteiger partial charge is 0.372 e. The Bertz CT molecular complexity index is 472. The molecule has 0 unspecified atom stereocenters. The zero-order valence-electron chi connectivity index (χ0n) is 14.0. The van der Waals surface area contributed by atoms with Gasteiger partial charge in [0.2, 0.25) is 5.91 Å². The van der Waals surface area contributed by atoms with Gasteiger partial charge in [-0.2, -0.15) is 0 Å². The summed E-state index contributed by atoms with van der Waals surface area (Å²) in [5.74, 6) is 1.53. The fourth-order valence-corrected chi connectivity index (χ4v) is 2.87. The van der Waals surface area contributed by atoms with Gasteiger partial charge in [-0.05, 0) is 33.9 Å². The molecule has 1 saturated heterocycles. The van der Waals surface area contributed by atoms with E-state index in [4.69, 9.17) is 4.74 Å². The van der Waals surface area contributed by atoms with E-state index >= 15 is 0 Å². The molecule has 0 N–H and O–H groups in total. The van der Waals surface area contributed by atoms with Gasteiger partial charge in [0, 0.05) is 51.1 Å². The lowest BCUT2D eigenvalue weighted by atomic mass is 9.97. The van der Waals surface area contributed by atoms with Gasteiger partial charge in [0.1, 0.15) is 12.4 Å². The number of aromatic nitrogens is 2. The van der Waals surface area contributed by atoms with Crippen molar-refractivity contribution in [1.82, 2.24) is 19.4 Å². The van der Waals surface area contributed by atoms with Crippen LogP contribution in [0.1, 0.15) is 31.5 Å². The Labute approximate surface area is 133 Å². The smallest absolute Gasteiger partial charge is 0.248 e. The second-order valence-electron chi connectivity index (χ2n) is 6.10. The van der Waals surface area contributed by atoms with Gasteiger partial charge in [0.15, 0.2) is 0 Å². The summed E-state index contributed by atoms with van der Waals surface area (Å²) in [6.45, 7) is 6.20. The maximum absolute atomic E-state index is 12.1. The highest BCUT2D eigenvalue weighted by Crippen LogP contribution is 2.25. The molecule has 1 atom stereocenters. The quantitative estimate of drug-likeness (QED) is 0.759. The third-order valence-electron chi connectivity index (χ3n) is 4.10. The number of amides is 1. The Morgan fingerprint density at radius 1 is 1.50 bits per heavy atom. The number of ether oxygens (including phenoxy) is 1. The van der Waals surface area contributed by atoms with Crippen molar-refractivity contribution in [1.29, 1.82) is 0 Å². The fourth-order valence-electron chi connectivity index (χ4n) is 2.87. The van der Waals surface area contributed by atoms with E-state index in [0.717, 1.165) is 44.8 Å². The highest BCUT2D eigenvalue weighted by atomic mass is 16.5. The fraction of sp³-hybridized carbons (Fsp3) is 0.750. The number of piperidine rings is 1. The van der Waals surface area contributed by atoms with E-state index in [1.807, 2.05) is 24.2 Å². The van der Waals surface area contributed by atoms with Crippen molar-refractivity contribution in [2.45, 2.75) is 32.2 Å². The first-order chi connectivity index (χ1) is 10.6. The zero-order chi connectivity index (χ0) is 15.9. The van der Waals surface area contributed by atoms with Crippen LogP contribution in [-0.2, 0) is 16.1 Å². The van der Waals surface area contributed by atoms with Gasteiger partial charge in [-0.25, -0.2) is 4.98 Å². The number of carbonyl (C=O) groups is 1. The number of nitrogens with zero attached hydrogens (tertiary/aromatic N) is 4. The average Bonchev–Trinajstić information content (AvgIpc) is 2.99. The molecule has 22 heavy (non-hydrogen) atoms. The van der Waals surface area contributed by atoms with Crippen LogP contribution in [-0.4, -0.2) is 72.2 Å². The minimum absolute atomic E-state index is 0.0953. The van der Waals surface area contributed by atoms with Gasteiger partial charge in [0.05, 0.1) is 0 Å². The lowest BCUT2D eigenvalue weighted by Crippen LogP contribution is -2.41. The van der Waals surface area contributed by atoms with Crippen molar-refractivity contribution in [2.75, 3.05) is 46.9 Å². The van der Waals surface area contributed by atoms with Gasteiger partial charge >= 0.3 is 0 Å². The Morgan fingerprint density at radius 3 is 3.05 bits per heavy atom. The number of likely N-dealkylation sites (N-methyl/N-ethyl adjacent to an activating group) is 1. The summed E-state index contributed by atoms with van der Waals surface area (Å²) in [6, 6.07) is 0. The number of imidazole rings is 1. The van der Waals surface area contributed by atoms with Crippen LogP contribution in [0.3, 0.4) is 0 Å². The van der Waals surface area contributed by atoms with Gasteiger partial charge in [-0.1, -0.05) is 0 Å². The highest BCUT2D eigenvalue weighted by Gasteiger charge is 2.27. The topological polar surface area (TPSA) is 50.6 Å². The molecule has 6 nitrogen and oxygen atoms in total. The molecule has 0 saturated carbocycles. The minimum atomic E-state index is 0.0953. The van der Waals surface area contributed by atoms with Gasteiger partial charge < -0.3 is 19.1 Å². The predicted molar refractivity (Wildman–Crippen MR) is 85.8 cm³/mol. The van der Waals surface area contributed by atoms with Crippen LogP contribution in [0.25, 0.3) is 0 Å². The standard InChI is InChI=1S/C16H28N4O2/c1-4-22-13-15(21)20-8-5-6-14(12-20)16-17-7-9-19(16)11-10-18(2)3/h7,9,14H,4-6,8,10-13H2,1-3H3/t14-/m1/s1. The van der Waals surface area contributed by atoms with Crippen LogP contribution in [0.4, 0.5) is 0 Å². The Hall–Kier alpha value is -1.40. The summed E-state index contributed by atoms with van der Waals surface area (Å²) < 4.78 is 7.47. The summed E-state index contributed by atoms with van der Waals surface area (Å²) in [5.41, 5.74) is 0. The minimum Gasteiger partial charge on any atom is -0.372 e. The van der Waals surface area contributed by atoms with Gasteiger partial charge in [0.25, 0.3) is 0 Å². The van der Waals surface area contributed by atoms with Crippen LogP contribution >= 0.6 is 0 Å². The van der Waals surface area contributed by atoms with Crippen molar-refractivity contribution in [3.63, 3.8) is 0 Å². The molecule has 1 fully saturated rings. The summed E-state index contributed by atoms with van der Waals surface area (Å²) in [6.07, 6.45) is 6.03.